The van der Waals surface area contributed by atoms with Crippen LogP contribution in [0, 0.1) is 0 Å². The van der Waals surface area contributed by atoms with Crippen molar-refractivity contribution in [2.45, 2.75) is 61.5 Å². The molecule has 0 bridgehead atoms. The van der Waals surface area contributed by atoms with E-state index in [4.69, 9.17) is 19.9 Å². The first-order chi connectivity index (χ1) is 18.2. The van der Waals surface area contributed by atoms with Gasteiger partial charge in [-0.2, -0.15) is 4.31 Å². The van der Waals surface area contributed by atoms with Gasteiger partial charge in [0.25, 0.3) is 0 Å². The van der Waals surface area contributed by atoms with E-state index in [1.54, 1.807) is 0 Å². The van der Waals surface area contributed by atoms with Crippen LogP contribution < -0.4 is 5.73 Å². The number of hydrogen-bond acceptors (Lipinski definition) is 17. The number of hydrogen-bond donors (Lipinski definition) is 8. The van der Waals surface area contributed by atoms with Gasteiger partial charge in [-0.05, 0) is 6.92 Å². The van der Waals surface area contributed by atoms with Gasteiger partial charge in [-0.15, -0.1) is 12.6 Å². The Morgan fingerprint density at radius 2 is 1.64 bits per heavy atom. The van der Waals surface area contributed by atoms with Gasteiger partial charge in [0.2, 0.25) is 0 Å². The van der Waals surface area contributed by atoms with Gasteiger partial charge in [0.1, 0.15) is 48.5 Å². The van der Waals surface area contributed by atoms with Crippen LogP contribution in [0.3, 0.4) is 0 Å². The summed E-state index contributed by atoms with van der Waals surface area (Å²) in [6.45, 7) is -0.204. The number of imidazole rings is 1. The Kier molecular flexibility index (Phi) is 9.34. The number of phosphoric ester groups is 2. The molecule has 2 aliphatic heterocycles. The molecule has 22 heteroatoms. The summed E-state index contributed by atoms with van der Waals surface area (Å²) in [6, 6.07) is 0. The van der Waals surface area contributed by atoms with E-state index in [-0.39, 0.29) is 17.0 Å². The molecule has 0 saturated carbocycles. The van der Waals surface area contributed by atoms with Gasteiger partial charge in [0.15, 0.2) is 24.0 Å². The first kappa shape index (κ1) is 30.6. The summed E-state index contributed by atoms with van der Waals surface area (Å²) in [7, 11) is -10.6. The largest absolute Gasteiger partial charge is 0.481 e. The second-order valence-corrected chi connectivity index (χ2v) is 12.3. The summed E-state index contributed by atoms with van der Waals surface area (Å²) in [5, 5.41) is 40.8. The highest BCUT2D eigenvalue weighted by Gasteiger charge is 2.48. The number of fused-ring (bicyclic) bond motifs is 1. The minimum absolute atomic E-state index is 0.0614. The van der Waals surface area contributed by atoms with Crippen molar-refractivity contribution in [3.05, 3.63) is 12.7 Å². The number of anilines is 1. The monoisotopic (exact) mass is 619 g/mol. The standard InChI is InChI=1S/C17H27N5O14P2S/c1-6(39)33-13-11(24)8(35-17(13)26)3-32-38(29,30)36-37(27,28)31-2-7-10(23)12(25)16(34-7)22-5-21-9-14(18)19-4-20-15(9)22/h4-8,10-13,16-17,23-26,39H,2-3H2,1H3,(H,27,28)(H,29,30)(H2,18,19,20)/t6?,7-,8-,10-,11-,12-,13-,16-,17+/m1/s1. The van der Waals surface area contributed by atoms with Gasteiger partial charge in [-0.3, -0.25) is 13.6 Å². The zero-order chi connectivity index (χ0) is 28.7. The van der Waals surface area contributed by atoms with Crippen molar-refractivity contribution in [2.24, 2.45) is 0 Å². The number of aliphatic hydroxyl groups excluding tert-OH is 4. The van der Waals surface area contributed by atoms with Crippen molar-refractivity contribution >= 4 is 45.3 Å². The van der Waals surface area contributed by atoms with Crippen molar-refractivity contribution in [3.63, 3.8) is 0 Å². The first-order valence-corrected chi connectivity index (χ1v) is 14.7. The highest BCUT2D eigenvalue weighted by atomic mass is 32.1. The number of nitrogens with two attached hydrogens (primary N) is 1. The van der Waals surface area contributed by atoms with Crippen LogP contribution in [-0.2, 0) is 36.7 Å². The fourth-order valence-electron chi connectivity index (χ4n) is 3.90. The van der Waals surface area contributed by atoms with Crippen LogP contribution in [-0.4, -0.2) is 111 Å². The van der Waals surface area contributed by atoms with E-state index in [1.807, 2.05) is 0 Å². The molecule has 8 N–H and O–H groups in total. The smallest absolute Gasteiger partial charge is 0.387 e. The molecule has 2 aromatic rings. The summed E-state index contributed by atoms with van der Waals surface area (Å²) in [5.41, 5.74) is 5.43. The predicted octanol–water partition coefficient (Wildman–Crippen LogP) is -1.98. The highest BCUT2D eigenvalue weighted by molar-refractivity contribution is 7.80. The van der Waals surface area contributed by atoms with Crippen LogP contribution in [0.2, 0.25) is 0 Å². The maximum absolute atomic E-state index is 12.3. The Hall–Kier alpha value is -1.32. The molecule has 39 heavy (non-hydrogen) atoms. The highest BCUT2D eigenvalue weighted by Crippen LogP contribution is 2.60. The molecule has 2 saturated heterocycles. The van der Waals surface area contributed by atoms with Crippen LogP contribution in [0.25, 0.3) is 11.2 Å². The lowest BCUT2D eigenvalue weighted by Crippen LogP contribution is -2.37. The average molecular weight is 619 g/mol. The Balaban J connectivity index is 1.32. The predicted molar refractivity (Wildman–Crippen MR) is 129 cm³/mol. The lowest BCUT2D eigenvalue weighted by atomic mass is 10.1. The molecule has 19 nitrogen and oxygen atoms in total. The number of rotatable bonds is 11. The maximum Gasteiger partial charge on any atom is 0.481 e. The Morgan fingerprint density at radius 1 is 1.03 bits per heavy atom. The van der Waals surface area contributed by atoms with E-state index in [0.29, 0.717) is 0 Å². The number of nitrogen functional groups attached to an aromatic ring is 1. The molecule has 2 aromatic heterocycles. The Labute approximate surface area is 225 Å². The van der Waals surface area contributed by atoms with Gasteiger partial charge in [-0.25, -0.2) is 24.1 Å². The van der Waals surface area contributed by atoms with E-state index in [9.17, 15) is 39.3 Å². The number of thiol groups is 1. The fraction of sp³-hybridized carbons (Fsp3) is 0.706. The summed E-state index contributed by atoms with van der Waals surface area (Å²) in [6.07, 6.45) is -9.17. The van der Waals surface area contributed by atoms with Crippen molar-refractivity contribution < 1.29 is 66.9 Å². The molecule has 11 atom stereocenters. The van der Waals surface area contributed by atoms with Gasteiger partial charge >= 0.3 is 15.6 Å². The zero-order valence-corrected chi connectivity index (χ0v) is 22.6. The van der Waals surface area contributed by atoms with Crippen LogP contribution in [0.1, 0.15) is 13.2 Å². The van der Waals surface area contributed by atoms with Crippen LogP contribution in [0.5, 0.6) is 0 Å². The summed E-state index contributed by atoms with van der Waals surface area (Å²) >= 11 is 3.97. The van der Waals surface area contributed by atoms with Crippen LogP contribution in [0.4, 0.5) is 5.82 Å². The summed E-state index contributed by atoms with van der Waals surface area (Å²) in [4.78, 5) is 31.6. The lowest BCUT2D eigenvalue weighted by Gasteiger charge is -2.21. The molecule has 220 valence electrons. The van der Waals surface area contributed by atoms with Crippen molar-refractivity contribution in [1.29, 1.82) is 0 Å². The maximum atomic E-state index is 12.3. The minimum atomic E-state index is -5.31. The van der Waals surface area contributed by atoms with Crippen molar-refractivity contribution in [1.82, 2.24) is 19.5 Å². The molecule has 3 unspecified atom stereocenters. The fourth-order valence-corrected chi connectivity index (χ4v) is 6.13. The molecule has 0 amide bonds. The molecular weight excluding hydrogens is 592 g/mol. The number of ether oxygens (including phenoxy) is 3. The Morgan fingerprint density at radius 3 is 2.26 bits per heavy atom. The van der Waals surface area contributed by atoms with Crippen LogP contribution in [0.15, 0.2) is 12.7 Å². The van der Waals surface area contributed by atoms with Gasteiger partial charge < -0.3 is 50.2 Å². The molecule has 4 rings (SSSR count). The quantitative estimate of drug-likeness (QED) is 0.0768. The average Bonchev–Trinajstić information content (AvgIpc) is 3.47. The van der Waals surface area contributed by atoms with E-state index >= 15 is 0 Å². The topological polar surface area (TPSA) is 281 Å². The van der Waals surface area contributed by atoms with Crippen molar-refractivity contribution in [2.75, 3.05) is 18.9 Å². The third-order valence-electron chi connectivity index (χ3n) is 5.68. The first-order valence-electron chi connectivity index (χ1n) is 11.1. The number of aromatic nitrogens is 4. The van der Waals surface area contributed by atoms with E-state index in [2.05, 4.69) is 40.9 Å². The molecule has 2 aliphatic rings. The third kappa shape index (κ3) is 6.95. The number of nitrogens with zero attached hydrogens (tertiary/aromatic N) is 4. The van der Waals surface area contributed by atoms with E-state index in [0.717, 1.165) is 6.33 Å². The van der Waals surface area contributed by atoms with Crippen molar-refractivity contribution in [3.8, 4) is 0 Å². The second-order valence-electron chi connectivity index (χ2n) is 8.50. The summed E-state index contributed by atoms with van der Waals surface area (Å²) in [5.74, 6) is 0.0614. The molecular formula is C17H27N5O14P2S. The number of phosphoric acid groups is 2. The van der Waals surface area contributed by atoms with Gasteiger partial charge in [-0.1, -0.05) is 0 Å². The molecule has 4 heterocycles. The lowest BCUT2D eigenvalue weighted by molar-refractivity contribution is -0.148. The number of aliphatic hydroxyl groups is 4. The third-order valence-corrected chi connectivity index (χ3v) is 8.40. The van der Waals surface area contributed by atoms with Crippen LogP contribution >= 0.6 is 28.3 Å². The second kappa shape index (κ2) is 11.9. The molecule has 0 aromatic carbocycles. The molecule has 0 aliphatic carbocycles. The van der Waals surface area contributed by atoms with Gasteiger partial charge in [0.05, 0.1) is 25.0 Å². The van der Waals surface area contributed by atoms with E-state index in [1.165, 1.54) is 17.8 Å². The minimum Gasteiger partial charge on any atom is -0.387 e. The molecule has 2 fully saturated rings. The van der Waals surface area contributed by atoms with Gasteiger partial charge in [0, 0.05) is 0 Å². The molecule has 0 radical (unpaired) electrons. The Bertz CT molecular complexity index is 1260. The SMILES string of the molecule is CC(S)O[C@@H]1[C@H](O)[C@@H](COP(=O)(O)OP(=O)(O)OC[C@H]2O[C@@H](n3cnc4c(N)ncnc43)[C@H](O)[C@@H]2O)O[C@@H]1O. The van der Waals surface area contributed by atoms with E-state index < -0.39 is 83.4 Å². The molecule has 0 spiro atoms. The summed E-state index contributed by atoms with van der Waals surface area (Å²) < 4.78 is 55.0. The normalized spacial score (nSPS) is 35.2. The zero-order valence-electron chi connectivity index (χ0n) is 19.9.